The third-order valence-electron chi connectivity index (χ3n) is 7.06. The van der Waals surface area contributed by atoms with E-state index < -0.39 is 17.7 Å². The summed E-state index contributed by atoms with van der Waals surface area (Å²) in [4.78, 5) is 18.2. The molecule has 0 bridgehead atoms. The van der Waals surface area contributed by atoms with E-state index in [1.165, 1.54) is 31.4 Å². The van der Waals surface area contributed by atoms with Crippen molar-refractivity contribution >= 4 is 11.9 Å². The largest absolute Gasteiger partial charge is 0.494 e. The van der Waals surface area contributed by atoms with Crippen LogP contribution in [-0.4, -0.2) is 37.4 Å². The molecule has 0 aliphatic carbocycles. The Labute approximate surface area is 241 Å². The molecule has 2 N–H and O–H groups in total. The van der Waals surface area contributed by atoms with Crippen LogP contribution < -0.4 is 20.1 Å². The molecule has 5 rings (SSSR count). The number of nitrogens with two attached hydrogens (primary N) is 1. The number of amides is 1. The van der Waals surface area contributed by atoms with Gasteiger partial charge in [0.2, 0.25) is 0 Å². The maximum atomic E-state index is 15.0. The van der Waals surface area contributed by atoms with Gasteiger partial charge in [-0.3, -0.25) is 0 Å². The fourth-order valence-electron chi connectivity index (χ4n) is 4.95. The van der Waals surface area contributed by atoms with Crippen molar-refractivity contribution < 1.29 is 27.8 Å². The quantitative estimate of drug-likeness (QED) is 0.268. The van der Waals surface area contributed by atoms with Crippen molar-refractivity contribution in [2.75, 3.05) is 25.1 Å². The van der Waals surface area contributed by atoms with Crippen LogP contribution in [0.15, 0.2) is 72.8 Å². The third-order valence-corrected chi connectivity index (χ3v) is 7.06. The maximum absolute atomic E-state index is 15.0. The summed E-state index contributed by atoms with van der Waals surface area (Å²) in [5.74, 6) is -0.259. The van der Waals surface area contributed by atoms with Crippen molar-refractivity contribution in [3.8, 4) is 40.0 Å². The van der Waals surface area contributed by atoms with E-state index in [-0.39, 0.29) is 24.0 Å². The number of anilines is 1. The van der Waals surface area contributed by atoms with E-state index in [1.54, 1.807) is 18.2 Å². The molecule has 0 atom stereocenters. The molecule has 0 radical (unpaired) electrons. The summed E-state index contributed by atoms with van der Waals surface area (Å²) in [7, 11) is 1.38. The number of primary amides is 1. The van der Waals surface area contributed by atoms with Crippen LogP contribution in [0.3, 0.4) is 0 Å². The number of carbonyl (C=O) groups is 1. The lowest BCUT2D eigenvalue weighted by Gasteiger charge is -2.33. The molecule has 2 heterocycles. The van der Waals surface area contributed by atoms with Crippen LogP contribution in [0.1, 0.15) is 24.0 Å². The first-order valence-electron chi connectivity index (χ1n) is 13.3. The molecular weight excluding hydrogens is 542 g/mol. The Balaban J connectivity index is 1.66. The number of nitrogens with zero attached hydrogens (tertiary/aromatic N) is 3. The average Bonchev–Trinajstić information content (AvgIpc) is 3.00. The van der Waals surface area contributed by atoms with Crippen LogP contribution in [0.25, 0.3) is 22.4 Å². The number of rotatable bonds is 8. The molecule has 1 aliphatic heterocycles. The first-order valence-corrected chi connectivity index (χ1v) is 13.3. The molecule has 10 heteroatoms. The second-order valence-corrected chi connectivity index (χ2v) is 9.76. The van der Waals surface area contributed by atoms with Gasteiger partial charge in [-0.05, 0) is 35.4 Å². The van der Waals surface area contributed by atoms with E-state index in [0.717, 1.165) is 5.56 Å². The molecule has 1 fully saturated rings. The van der Waals surface area contributed by atoms with Crippen LogP contribution in [0.4, 0.5) is 19.4 Å². The van der Waals surface area contributed by atoms with Crippen molar-refractivity contribution in [2.24, 2.45) is 5.73 Å². The zero-order chi connectivity index (χ0) is 29.6. The zero-order valence-corrected chi connectivity index (χ0v) is 22.8. The van der Waals surface area contributed by atoms with Crippen molar-refractivity contribution in [1.29, 1.82) is 5.26 Å². The number of pyridine rings is 1. The van der Waals surface area contributed by atoms with Crippen molar-refractivity contribution in [1.82, 2.24) is 4.98 Å². The normalized spacial score (nSPS) is 13.3. The van der Waals surface area contributed by atoms with Gasteiger partial charge in [0, 0.05) is 37.6 Å². The topological polar surface area (TPSA) is 111 Å². The molecular formula is C32H28F2N4O4. The number of halogens is 2. The van der Waals surface area contributed by atoms with Crippen LogP contribution >= 0.6 is 0 Å². The van der Waals surface area contributed by atoms with E-state index in [4.69, 9.17) is 24.9 Å². The second kappa shape index (κ2) is 12.6. The van der Waals surface area contributed by atoms with Gasteiger partial charge in [0.05, 0.1) is 23.9 Å². The van der Waals surface area contributed by atoms with Crippen LogP contribution in [0, 0.1) is 23.0 Å². The van der Waals surface area contributed by atoms with Crippen molar-refractivity contribution in [3.05, 3.63) is 95.6 Å². The van der Waals surface area contributed by atoms with Gasteiger partial charge in [-0.2, -0.15) is 5.26 Å². The second-order valence-electron chi connectivity index (χ2n) is 9.76. The number of piperidine rings is 1. The highest BCUT2D eigenvalue weighted by Gasteiger charge is 2.26. The highest BCUT2D eigenvalue weighted by Crippen LogP contribution is 2.42. The maximum Gasteiger partial charge on any atom is 0.404 e. The number of nitriles is 1. The molecule has 4 aromatic rings. The lowest BCUT2D eigenvalue weighted by atomic mass is 9.96. The number of hydrogen-bond donors (Lipinski definition) is 1. The summed E-state index contributed by atoms with van der Waals surface area (Å²) in [5.41, 5.74) is 7.64. The SMILES string of the molecule is COc1ccc(-c2c(OCc3ccccc3)cc(N3CCC(OC(N)=O)CC3)nc2-c2ccc(C#N)c(F)c2)cc1F. The Morgan fingerprint density at radius 2 is 1.71 bits per heavy atom. The minimum atomic E-state index is -0.815. The molecule has 0 spiro atoms. The van der Waals surface area contributed by atoms with Crippen LogP contribution in [0.5, 0.6) is 11.5 Å². The van der Waals surface area contributed by atoms with Crippen molar-refractivity contribution in [2.45, 2.75) is 25.6 Å². The number of carbonyl (C=O) groups excluding carboxylic acids is 1. The van der Waals surface area contributed by atoms with E-state index in [9.17, 15) is 18.8 Å². The molecule has 1 aliphatic rings. The Bertz CT molecular complexity index is 1630. The molecule has 8 nitrogen and oxygen atoms in total. The summed E-state index contributed by atoms with van der Waals surface area (Å²) in [5, 5.41) is 9.28. The number of methoxy groups -OCH3 is 1. The molecule has 1 aromatic heterocycles. The first kappa shape index (κ1) is 28.4. The van der Waals surface area contributed by atoms with Gasteiger partial charge in [-0.15, -0.1) is 0 Å². The third kappa shape index (κ3) is 6.25. The lowest BCUT2D eigenvalue weighted by Crippen LogP contribution is -2.39. The summed E-state index contributed by atoms with van der Waals surface area (Å²) in [6, 6.07) is 21.9. The molecule has 3 aromatic carbocycles. The fraction of sp³-hybridized carbons (Fsp3) is 0.219. The Morgan fingerprint density at radius 3 is 2.36 bits per heavy atom. The number of hydrogen-bond acceptors (Lipinski definition) is 7. The lowest BCUT2D eigenvalue weighted by molar-refractivity contribution is 0.0911. The summed E-state index contributed by atoms with van der Waals surface area (Å²) in [6.07, 6.45) is -0.0423. The van der Waals surface area contributed by atoms with Gasteiger partial charge in [-0.25, -0.2) is 18.6 Å². The molecule has 0 saturated carbocycles. The van der Waals surface area contributed by atoms with Gasteiger partial charge in [0.1, 0.15) is 36.2 Å². The summed E-state index contributed by atoms with van der Waals surface area (Å²) < 4.78 is 46.5. The van der Waals surface area contributed by atoms with Gasteiger partial charge in [0.25, 0.3) is 0 Å². The zero-order valence-electron chi connectivity index (χ0n) is 22.8. The molecule has 0 unspecified atom stereocenters. The highest BCUT2D eigenvalue weighted by atomic mass is 19.1. The Hall–Kier alpha value is -5.17. The number of ether oxygens (including phenoxy) is 3. The molecule has 1 saturated heterocycles. The monoisotopic (exact) mass is 570 g/mol. The first-order chi connectivity index (χ1) is 20.4. The fourth-order valence-corrected chi connectivity index (χ4v) is 4.95. The minimum Gasteiger partial charge on any atom is -0.494 e. The van der Waals surface area contributed by atoms with E-state index in [0.29, 0.717) is 59.9 Å². The Morgan fingerprint density at radius 1 is 1.00 bits per heavy atom. The van der Waals surface area contributed by atoms with Gasteiger partial charge >= 0.3 is 6.09 Å². The highest BCUT2D eigenvalue weighted by molar-refractivity contribution is 5.87. The predicted molar refractivity (Wildman–Crippen MR) is 153 cm³/mol. The Kier molecular flexibility index (Phi) is 8.48. The molecule has 214 valence electrons. The summed E-state index contributed by atoms with van der Waals surface area (Å²) >= 11 is 0. The number of benzene rings is 3. The van der Waals surface area contributed by atoms with Crippen LogP contribution in [0.2, 0.25) is 0 Å². The van der Waals surface area contributed by atoms with E-state index in [1.807, 2.05) is 41.3 Å². The molecule has 1 amide bonds. The molecule has 42 heavy (non-hydrogen) atoms. The predicted octanol–water partition coefficient (Wildman–Crippen LogP) is 6.22. The number of aromatic nitrogens is 1. The van der Waals surface area contributed by atoms with Crippen LogP contribution in [-0.2, 0) is 11.3 Å². The average molecular weight is 571 g/mol. The van der Waals surface area contributed by atoms with Gasteiger partial charge in [0.15, 0.2) is 11.6 Å². The minimum absolute atomic E-state index is 0.0714. The van der Waals surface area contributed by atoms with Gasteiger partial charge in [-0.1, -0.05) is 42.5 Å². The van der Waals surface area contributed by atoms with E-state index >= 15 is 0 Å². The van der Waals surface area contributed by atoms with Gasteiger partial charge < -0.3 is 24.8 Å². The standard InChI is InChI=1S/C32H28F2N4O4/c1-40-27-10-9-21(15-26(27)34)30-28(41-19-20-5-3-2-4-6-20)17-29(38-13-11-24(12-14-38)42-32(36)39)37-31(30)22-7-8-23(18-35)25(33)16-22/h2-10,15-17,24H,11-14,19H2,1H3,(H2,36,39). The smallest absolute Gasteiger partial charge is 0.404 e. The summed E-state index contributed by atoms with van der Waals surface area (Å²) in [6.45, 7) is 1.24. The van der Waals surface area contributed by atoms with Crippen molar-refractivity contribution in [3.63, 3.8) is 0 Å². The van der Waals surface area contributed by atoms with E-state index in [2.05, 4.69) is 0 Å².